The minimum absolute atomic E-state index is 0.138. The van der Waals surface area contributed by atoms with Gasteiger partial charge < -0.3 is 5.32 Å². The maximum Gasteiger partial charge on any atom is 0.127 e. The summed E-state index contributed by atoms with van der Waals surface area (Å²) < 4.78 is 13.5. The van der Waals surface area contributed by atoms with Gasteiger partial charge >= 0.3 is 0 Å². The van der Waals surface area contributed by atoms with E-state index in [2.05, 4.69) is 11.4 Å². The molecule has 0 aliphatic carbocycles. The Morgan fingerprint density at radius 3 is 2.88 bits per heavy atom. The zero-order chi connectivity index (χ0) is 11.4. The number of halogens is 1. The highest BCUT2D eigenvalue weighted by atomic mass is 32.1. The number of hydrogen-bond acceptors (Lipinski definition) is 2. The van der Waals surface area contributed by atoms with Crippen molar-refractivity contribution in [3.05, 3.63) is 47.1 Å². The van der Waals surface area contributed by atoms with E-state index < -0.39 is 0 Å². The second-order valence-corrected chi connectivity index (χ2v) is 4.51. The Bertz CT molecular complexity index is 451. The second kappa shape index (κ2) is 5.23. The van der Waals surface area contributed by atoms with E-state index in [0.717, 1.165) is 17.7 Å². The lowest BCUT2D eigenvalue weighted by molar-refractivity contribution is 0.594. The molecule has 2 rings (SSSR count). The van der Waals surface area contributed by atoms with Crippen LogP contribution in [-0.2, 0) is 6.54 Å². The van der Waals surface area contributed by atoms with E-state index in [4.69, 9.17) is 0 Å². The largest absolute Gasteiger partial charge is 0.313 e. The molecule has 0 radical (unpaired) electrons. The first-order valence-corrected chi connectivity index (χ1v) is 6.22. The lowest BCUT2D eigenvalue weighted by atomic mass is 10.1. The summed E-state index contributed by atoms with van der Waals surface area (Å²) in [5.74, 6) is -0.138. The fraction of sp³-hybridized carbons (Fsp3) is 0.231. The van der Waals surface area contributed by atoms with Gasteiger partial charge in [-0.05, 0) is 35.7 Å². The van der Waals surface area contributed by atoms with Gasteiger partial charge in [-0.2, -0.15) is 0 Å². The van der Waals surface area contributed by atoms with E-state index >= 15 is 0 Å². The highest BCUT2D eigenvalue weighted by Gasteiger charge is 2.05. The van der Waals surface area contributed by atoms with E-state index in [1.54, 1.807) is 17.4 Å². The highest BCUT2D eigenvalue weighted by Crippen LogP contribution is 2.26. The lowest BCUT2D eigenvalue weighted by Gasteiger charge is -2.06. The van der Waals surface area contributed by atoms with Crippen LogP contribution in [0.1, 0.15) is 12.5 Å². The van der Waals surface area contributed by atoms with Crippen molar-refractivity contribution in [2.75, 3.05) is 6.54 Å². The average Bonchev–Trinajstić information content (AvgIpc) is 2.81. The van der Waals surface area contributed by atoms with Crippen LogP contribution in [0.4, 0.5) is 4.39 Å². The molecule has 0 aliphatic heterocycles. The van der Waals surface area contributed by atoms with Gasteiger partial charge in [-0.15, -0.1) is 11.3 Å². The molecule has 0 spiro atoms. The molecule has 16 heavy (non-hydrogen) atoms. The number of rotatable bonds is 4. The molecule has 1 nitrogen and oxygen atoms in total. The van der Waals surface area contributed by atoms with Crippen LogP contribution in [0, 0.1) is 5.82 Å². The summed E-state index contributed by atoms with van der Waals surface area (Å²) in [7, 11) is 0. The molecule has 0 aliphatic rings. The van der Waals surface area contributed by atoms with Gasteiger partial charge in [0, 0.05) is 17.0 Å². The predicted molar refractivity (Wildman–Crippen MR) is 67.1 cm³/mol. The molecule has 1 N–H and O–H groups in total. The molecule has 0 bridgehead atoms. The monoisotopic (exact) mass is 235 g/mol. The summed E-state index contributed by atoms with van der Waals surface area (Å²) in [5, 5.41) is 5.17. The standard InChI is InChI=1S/C13H14FNS/c1-2-15-9-11-8-10(5-6-12(11)14)13-4-3-7-16-13/h3-8,15H,2,9H2,1H3. The summed E-state index contributed by atoms with van der Waals surface area (Å²) >= 11 is 1.67. The van der Waals surface area contributed by atoms with E-state index in [-0.39, 0.29) is 5.82 Å². The van der Waals surface area contributed by atoms with Crippen LogP contribution in [0.5, 0.6) is 0 Å². The van der Waals surface area contributed by atoms with Crippen LogP contribution in [0.2, 0.25) is 0 Å². The summed E-state index contributed by atoms with van der Waals surface area (Å²) in [5.41, 5.74) is 1.82. The fourth-order valence-corrected chi connectivity index (χ4v) is 2.29. The van der Waals surface area contributed by atoms with Crippen LogP contribution < -0.4 is 5.32 Å². The Labute approximate surface area is 98.9 Å². The van der Waals surface area contributed by atoms with Crippen LogP contribution >= 0.6 is 11.3 Å². The van der Waals surface area contributed by atoms with E-state index in [9.17, 15) is 4.39 Å². The summed E-state index contributed by atoms with van der Waals surface area (Å²) in [4.78, 5) is 1.18. The normalized spacial score (nSPS) is 10.6. The summed E-state index contributed by atoms with van der Waals surface area (Å²) in [6, 6.07) is 9.35. The summed E-state index contributed by atoms with van der Waals surface area (Å²) in [6.07, 6.45) is 0. The maximum absolute atomic E-state index is 13.5. The van der Waals surface area contributed by atoms with E-state index in [1.807, 2.05) is 30.5 Å². The molecule has 1 heterocycles. The van der Waals surface area contributed by atoms with E-state index in [1.165, 1.54) is 4.88 Å². The van der Waals surface area contributed by atoms with Gasteiger partial charge in [0.2, 0.25) is 0 Å². The fourth-order valence-electron chi connectivity index (χ4n) is 1.57. The minimum Gasteiger partial charge on any atom is -0.313 e. The van der Waals surface area contributed by atoms with Crippen LogP contribution in [-0.4, -0.2) is 6.54 Å². The van der Waals surface area contributed by atoms with E-state index in [0.29, 0.717) is 6.54 Å². The van der Waals surface area contributed by atoms with Crippen LogP contribution in [0.25, 0.3) is 10.4 Å². The number of thiophene rings is 1. The van der Waals surface area contributed by atoms with Crippen molar-refractivity contribution in [3.63, 3.8) is 0 Å². The molecule has 0 amide bonds. The third-order valence-electron chi connectivity index (χ3n) is 2.42. The first-order chi connectivity index (χ1) is 7.81. The molecule has 3 heteroatoms. The van der Waals surface area contributed by atoms with Crippen molar-refractivity contribution in [2.45, 2.75) is 13.5 Å². The zero-order valence-corrected chi connectivity index (χ0v) is 9.98. The first-order valence-electron chi connectivity index (χ1n) is 5.34. The second-order valence-electron chi connectivity index (χ2n) is 3.56. The minimum atomic E-state index is -0.138. The number of hydrogen-bond donors (Lipinski definition) is 1. The third-order valence-corrected chi connectivity index (χ3v) is 3.34. The average molecular weight is 235 g/mol. The Balaban J connectivity index is 2.28. The van der Waals surface area contributed by atoms with Gasteiger partial charge in [-0.25, -0.2) is 4.39 Å². The Hall–Kier alpha value is -1.19. The Kier molecular flexibility index (Phi) is 3.70. The lowest BCUT2D eigenvalue weighted by Crippen LogP contribution is -2.12. The molecule has 0 fully saturated rings. The van der Waals surface area contributed by atoms with Crippen molar-refractivity contribution in [2.24, 2.45) is 0 Å². The quantitative estimate of drug-likeness (QED) is 0.852. The van der Waals surface area contributed by atoms with Gasteiger partial charge in [0.1, 0.15) is 5.82 Å². The van der Waals surface area contributed by atoms with Crippen molar-refractivity contribution >= 4 is 11.3 Å². The smallest absolute Gasteiger partial charge is 0.127 e. The molecule has 2 aromatic rings. The summed E-state index contributed by atoms with van der Waals surface area (Å²) in [6.45, 7) is 3.45. The molecular formula is C13H14FNS. The first kappa shape index (κ1) is 11.3. The number of nitrogens with one attached hydrogen (secondary N) is 1. The molecule has 1 aromatic heterocycles. The highest BCUT2D eigenvalue weighted by molar-refractivity contribution is 7.13. The SMILES string of the molecule is CCNCc1cc(-c2cccs2)ccc1F. The van der Waals surface area contributed by atoms with Crippen LogP contribution in [0.3, 0.4) is 0 Å². The molecule has 84 valence electrons. The van der Waals surface area contributed by atoms with Gasteiger partial charge in [0.05, 0.1) is 0 Å². The molecular weight excluding hydrogens is 221 g/mol. The molecule has 0 saturated carbocycles. The molecule has 0 atom stereocenters. The van der Waals surface area contributed by atoms with Crippen molar-refractivity contribution in [1.82, 2.24) is 5.32 Å². The molecule has 0 unspecified atom stereocenters. The van der Waals surface area contributed by atoms with Gasteiger partial charge in [0.15, 0.2) is 0 Å². The van der Waals surface area contributed by atoms with Crippen LogP contribution in [0.15, 0.2) is 35.7 Å². The molecule has 1 aromatic carbocycles. The van der Waals surface area contributed by atoms with Gasteiger partial charge in [0.25, 0.3) is 0 Å². The zero-order valence-electron chi connectivity index (χ0n) is 9.16. The van der Waals surface area contributed by atoms with Crippen molar-refractivity contribution in [3.8, 4) is 10.4 Å². The maximum atomic E-state index is 13.5. The van der Waals surface area contributed by atoms with Crippen molar-refractivity contribution < 1.29 is 4.39 Å². The molecule has 0 saturated heterocycles. The van der Waals surface area contributed by atoms with Gasteiger partial charge in [-0.3, -0.25) is 0 Å². The predicted octanol–water partition coefficient (Wildman–Crippen LogP) is 3.66. The Morgan fingerprint density at radius 1 is 1.31 bits per heavy atom. The number of benzene rings is 1. The third kappa shape index (κ3) is 2.49. The van der Waals surface area contributed by atoms with Crippen molar-refractivity contribution in [1.29, 1.82) is 0 Å². The van der Waals surface area contributed by atoms with Gasteiger partial charge in [-0.1, -0.05) is 19.1 Å². The Morgan fingerprint density at radius 2 is 2.19 bits per heavy atom. The topological polar surface area (TPSA) is 12.0 Å².